The average Bonchev–Trinajstić information content (AvgIpc) is 2.70. The van der Waals surface area contributed by atoms with Crippen molar-refractivity contribution >= 4 is 23.5 Å². The SMILES string of the molecule is CCCCCCCCC(C)OC(=O)CCC(=O)OCCCCCCCCCCCl. The quantitative estimate of drug-likeness (QED) is 0.108. The lowest BCUT2D eigenvalue weighted by molar-refractivity contribution is -0.153. The summed E-state index contributed by atoms with van der Waals surface area (Å²) in [7, 11) is 0. The highest BCUT2D eigenvalue weighted by Crippen LogP contribution is 2.12. The van der Waals surface area contributed by atoms with Crippen LogP contribution in [0.25, 0.3) is 0 Å². The van der Waals surface area contributed by atoms with Crippen molar-refractivity contribution in [3.63, 3.8) is 0 Å². The summed E-state index contributed by atoms with van der Waals surface area (Å²) in [5, 5.41) is 0. The van der Waals surface area contributed by atoms with Crippen molar-refractivity contribution in [3.05, 3.63) is 0 Å². The second-order valence-corrected chi connectivity index (χ2v) is 8.47. The predicted molar refractivity (Wildman–Crippen MR) is 121 cm³/mol. The van der Waals surface area contributed by atoms with Gasteiger partial charge in [0.05, 0.1) is 25.6 Å². The number of ether oxygens (including phenoxy) is 2. The van der Waals surface area contributed by atoms with Crippen LogP contribution in [0, 0.1) is 0 Å². The van der Waals surface area contributed by atoms with E-state index >= 15 is 0 Å². The largest absolute Gasteiger partial charge is 0.466 e. The van der Waals surface area contributed by atoms with Crippen LogP contribution in [0.15, 0.2) is 0 Å². The molecule has 0 N–H and O–H groups in total. The summed E-state index contributed by atoms with van der Waals surface area (Å²) in [5.41, 5.74) is 0. The Morgan fingerprint density at radius 2 is 1.24 bits per heavy atom. The first-order valence-corrected chi connectivity index (χ1v) is 12.5. The topological polar surface area (TPSA) is 52.6 Å². The minimum absolute atomic E-state index is 0.0698. The highest BCUT2D eigenvalue weighted by Gasteiger charge is 2.12. The zero-order chi connectivity index (χ0) is 21.6. The molecule has 0 heterocycles. The van der Waals surface area contributed by atoms with E-state index in [2.05, 4.69) is 6.92 Å². The lowest BCUT2D eigenvalue weighted by Gasteiger charge is -2.13. The van der Waals surface area contributed by atoms with E-state index in [1.165, 1.54) is 64.2 Å². The third-order valence-corrected chi connectivity index (χ3v) is 5.39. The second kappa shape index (κ2) is 21.9. The number of esters is 2. The van der Waals surface area contributed by atoms with Gasteiger partial charge in [-0.2, -0.15) is 0 Å². The standard InChI is InChI=1S/C24H45ClO4/c1-3-4-5-6-11-14-17-22(2)29-24(27)19-18-23(26)28-21-16-13-10-8-7-9-12-15-20-25/h22H,3-21H2,1-2H3. The molecule has 4 nitrogen and oxygen atoms in total. The van der Waals surface area contributed by atoms with Gasteiger partial charge in [0, 0.05) is 5.88 Å². The van der Waals surface area contributed by atoms with Crippen molar-refractivity contribution in [2.45, 2.75) is 129 Å². The number of alkyl halides is 1. The number of unbranched alkanes of at least 4 members (excludes halogenated alkanes) is 12. The molecule has 0 bridgehead atoms. The van der Waals surface area contributed by atoms with E-state index in [1.807, 2.05) is 6.92 Å². The molecule has 0 spiro atoms. The maximum atomic E-state index is 11.8. The molecule has 0 aliphatic heterocycles. The van der Waals surface area contributed by atoms with E-state index in [1.54, 1.807) is 0 Å². The van der Waals surface area contributed by atoms with Crippen LogP contribution in [0.2, 0.25) is 0 Å². The fourth-order valence-electron chi connectivity index (χ4n) is 3.27. The maximum Gasteiger partial charge on any atom is 0.306 e. The monoisotopic (exact) mass is 432 g/mol. The summed E-state index contributed by atoms with van der Waals surface area (Å²) in [6.07, 6.45) is 17.7. The highest BCUT2D eigenvalue weighted by molar-refractivity contribution is 6.17. The molecule has 5 heteroatoms. The van der Waals surface area contributed by atoms with Crippen LogP contribution in [0.5, 0.6) is 0 Å². The second-order valence-electron chi connectivity index (χ2n) is 8.09. The van der Waals surface area contributed by atoms with E-state index in [0.717, 1.165) is 38.0 Å². The average molecular weight is 433 g/mol. The van der Waals surface area contributed by atoms with E-state index in [9.17, 15) is 9.59 Å². The van der Waals surface area contributed by atoms with Crippen LogP contribution in [-0.4, -0.2) is 30.5 Å². The Kier molecular flexibility index (Phi) is 21.3. The Labute approximate surface area is 184 Å². The van der Waals surface area contributed by atoms with Gasteiger partial charge in [0.1, 0.15) is 0 Å². The summed E-state index contributed by atoms with van der Waals surface area (Å²) < 4.78 is 10.6. The third kappa shape index (κ3) is 21.8. The molecular formula is C24H45ClO4. The van der Waals surface area contributed by atoms with E-state index in [4.69, 9.17) is 21.1 Å². The molecule has 1 atom stereocenters. The third-order valence-electron chi connectivity index (χ3n) is 5.12. The Bertz CT molecular complexity index is 387. The molecular weight excluding hydrogens is 388 g/mol. The molecule has 0 aliphatic carbocycles. The van der Waals surface area contributed by atoms with Crippen molar-refractivity contribution < 1.29 is 19.1 Å². The lowest BCUT2D eigenvalue weighted by Crippen LogP contribution is -2.16. The highest BCUT2D eigenvalue weighted by atomic mass is 35.5. The number of hydrogen-bond donors (Lipinski definition) is 0. The summed E-state index contributed by atoms with van der Waals surface area (Å²) >= 11 is 5.66. The fourth-order valence-corrected chi connectivity index (χ4v) is 3.46. The van der Waals surface area contributed by atoms with Gasteiger partial charge in [-0.1, -0.05) is 77.6 Å². The van der Waals surface area contributed by atoms with Crippen LogP contribution in [-0.2, 0) is 19.1 Å². The Balaban J connectivity index is 3.46. The molecule has 172 valence electrons. The molecule has 1 unspecified atom stereocenters. The van der Waals surface area contributed by atoms with E-state index < -0.39 is 0 Å². The Morgan fingerprint density at radius 1 is 0.724 bits per heavy atom. The van der Waals surface area contributed by atoms with Crippen LogP contribution in [0.3, 0.4) is 0 Å². The molecule has 0 fully saturated rings. The van der Waals surface area contributed by atoms with Crippen molar-refractivity contribution in [1.29, 1.82) is 0 Å². The Morgan fingerprint density at radius 3 is 1.86 bits per heavy atom. The molecule has 29 heavy (non-hydrogen) atoms. The molecule has 0 saturated heterocycles. The molecule has 0 aromatic carbocycles. The van der Waals surface area contributed by atoms with Gasteiger partial charge in [0.15, 0.2) is 0 Å². The number of rotatable bonds is 21. The number of halogens is 1. The summed E-state index contributed by atoms with van der Waals surface area (Å²) in [6.45, 7) is 4.60. The summed E-state index contributed by atoms with van der Waals surface area (Å²) in [6, 6.07) is 0. The summed E-state index contributed by atoms with van der Waals surface area (Å²) in [4.78, 5) is 23.6. The van der Waals surface area contributed by atoms with Gasteiger partial charge in [-0.15, -0.1) is 11.6 Å². The Hall–Kier alpha value is -0.770. The first kappa shape index (κ1) is 28.2. The predicted octanol–water partition coefficient (Wildman–Crippen LogP) is 7.35. The molecule has 0 aromatic rings. The van der Waals surface area contributed by atoms with Gasteiger partial charge in [-0.3, -0.25) is 9.59 Å². The van der Waals surface area contributed by atoms with Gasteiger partial charge in [0.2, 0.25) is 0 Å². The number of hydrogen-bond acceptors (Lipinski definition) is 4. The molecule has 0 radical (unpaired) electrons. The van der Waals surface area contributed by atoms with Crippen molar-refractivity contribution in [2.75, 3.05) is 12.5 Å². The molecule has 0 amide bonds. The minimum atomic E-state index is -0.299. The van der Waals surface area contributed by atoms with Gasteiger partial charge < -0.3 is 9.47 Å². The zero-order valence-electron chi connectivity index (χ0n) is 19.0. The number of carbonyl (C=O) groups excluding carboxylic acids is 2. The van der Waals surface area contributed by atoms with Crippen molar-refractivity contribution in [1.82, 2.24) is 0 Å². The molecule has 0 saturated carbocycles. The molecule has 0 rings (SSSR count). The smallest absolute Gasteiger partial charge is 0.306 e. The first-order chi connectivity index (χ1) is 14.1. The number of carbonyl (C=O) groups is 2. The van der Waals surface area contributed by atoms with Crippen LogP contribution in [0.1, 0.15) is 123 Å². The van der Waals surface area contributed by atoms with E-state index in [0.29, 0.717) is 6.61 Å². The van der Waals surface area contributed by atoms with Gasteiger partial charge >= 0.3 is 11.9 Å². The van der Waals surface area contributed by atoms with Crippen molar-refractivity contribution in [3.8, 4) is 0 Å². The van der Waals surface area contributed by atoms with Crippen LogP contribution < -0.4 is 0 Å². The van der Waals surface area contributed by atoms with Gasteiger partial charge in [-0.25, -0.2) is 0 Å². The van der Waals surface area contributed by atoms with Crippen LogP contribution >= 0.6 is 11.6 Å². The fraction of sp³-hybridized carbons (Fsp3) is 0.917. The van der Waals surface area contributed by atoms with Gasteiger partial charge in [0.25, 0.3) is 0 Å². The normalized spacial score (nSPS) is 12.0. The maximum absolute atomic E-state index is 11.8. The summed E-state index contributed by atoms with van der Waals surface area (Å²) in [5.74, 6) is 0.169. The lowest BCUT2D eigenvalue weighted by atomic mass is 10.1. The molecule has 0 aliphatic rings. The molecule has 0 aromatic heterocycles. The first-order valence-electron chi connectivity index (χ1n) is 12.0. The minimum Gasteiger partial charge on any atom is -0.466 e. The van der Waals surface area contributed by atoms with Crippen molar-refractivity contribution in [2.24, 2.45) is 0 Å². The van der Waals surface area contributed by atoms with Gasteiger partial charge in [-0.05, 0) is 32.6 Å². The zero-order valence-corrected chi connectivity index (χ0v) is 19.8. The van der Waals surface area contributed by atoms with Crippen LogP contribution in [0.4, 0.5) is 0 Å². The van der Waals surface area contributed by atoms with E-state index in [-0.39, 0.29) is 30.9 Å².